The van der Waals surface area contributed by atoms with Gasteiger partial charge >= 0.3 is 0 Å². The molecule has 202 valence electrons. The molecule has 0 saturated carbocycles. The number of rotatable bonds is 11. The standard InChI is InChI=1S/C28H28ClN5O4S/c1-4-38-22-14-10-20(11-15-22)31-26(35)17-39-28-33-32-25(34(28)24-7-5-6-23(29)18(24)2)16-30-27(36)19-8-12-21(37-3)13-9-19/h5-15H,4,16-17H2,1-3H3,(H,30,36)(H,31,35). The first-order valence-electron chi connectivity index (χ1n) is 12.2. The molecular formula is C28H28ClN5O4S. The van der Waals surface area contributed by atoms with E-state index in [1.807, 2.05) is 30.5 Å². The van der Waals surface area contributed by atoms with E-state index in [1.54, 1.807) is 61.7 Å². The van der Waals surface area contributed by atoms with E-state index in [9.17, 15) is 9.59 Å². The molecule has 0 saturated heterocycles. The summed E-state index contributed by atoms with van der Waals surface area (Å²) in [5.41, 5.74) is 2.73. The highest BCUT2D eigenvalue weighted by molar-refractivity contribution is 7.99. The molecule has 0 aliphatic carbocycles. The maximum Gasteiger partial charge on any atom is 0.251 e. The van der Waals surface area contributed by atoms with Crippen molar-refractivity contribution in [2.24, 2.45) is 0 Å². The van der Waals surface area contributed by atoms with Gasteiger partial charge in [-0.2, -0.15) is 0 Å². The first kappa shape index (κ1) is 28.0. The average molecular weight is 566 g/mol. The summed E-state index contributed by atoms with van der Waals surface area (Å²) in [7, 11) is 1.57. The fourth-order valence-electron chi connectivity index (χ4n) is 3.72. The molecule has 0 aliphatic heterocycles. The van der Waals surface area contributed by atoms with Gasteiger partial charge in [-0.25, -0.2) is 0 Å². The van der Waals surface area contributed by atoms with Gasteiger partial charge in [0.2, 0.25) is 5.91 Å². The number of anilines is 1. The topological polar surface area (TPSA) is 107 Å². The maximum absolute atomic E-state index is 12.7. The summed E-state index contributed by atoms with van der Waals surface area (Å²) in [6, 6.07) is 19.5. The van der Waals surface area contributed by atoms with Gasteiger partial charge in [0.25, 0.3) is 5.91 Å². The molecule has 3 aromatic carbocycles. The van der Waals surface area contributed by atoms with Crippen molar-refractivity contribution in [1.29, 1.82) is 0 Å². The molecule has 11 heteroatoms. The molecular weight excluding hydrogens is 538 g/mol. The van der Waals surface area contributed by atoms with Crippen LogP contribution in [0, 0.1) is 6.92 Å². The van der Waals surface area contributed by atoms with Gasteiger partial charge in [-0.3, -0.25) is 14.2 Å². The predicted molar refractivity (Wildman–Crippen MR) is 152 cm³/mol. The van der Waals surface area contributed by atoms with Crippen molar-refractivity contribution in [1.82, 2.24) is 20.1 Å². The Kier molecular flexibility index (Phi) is 9.45. The number of ether oxygens (including phenoxy) is 2. The Bertz CT molecular complexity index is 1440. The lowest BCUT2D eigenvalue weighted by Gasteiger charge is -2.14. The molecule has 0 atom stereocenters. The predicted octanol–water partition coefficient (Wildman–Crippen LogP) is 5.30. The molecule has 2 amide bonds. The number of carbonyl (C=O) groups is 2. The van der Waals surface area contributed by atoms with E-state index >= 15 is 0 Å². The highest BCUT2D eigenvalue weighted by Crippen LogP contribution is 2.28. The van der Waals surface area contributed by atoms with Gasteiger partial charge in [0.15, 0.2) is 11.0 Å². The van der Waals surface area contributed by atoms with E-state index in [0.29, 0.717) is 39.6 Å². The Morgan fingerprint density at radius 2 is 1.72 bits per heavy atom. The van der Waals surface area contributed by atoms with Crippen molar-refractivity contribution in [3.8, 4) is 17.2 Å². The second-order valence-corrected chi connectivity index (χ2v) is 9.67. The summed E-state index contributed by atoms with van der Waals surface area (Å²) in [6.07, 6.45) is 0. The van der Waals surface area contributed by atoms with Crippen LogP contribution in [-0.2, 0) is 11.3 Å². The lowest BCUT2D eigenvalue weighted by atomic mass is 10.2. The molecule has 4 rings (SSSR count). The van der Waals surface area contributed by atoms with E-state index < -0.39 is 0 Å². The van der Waals surface area contributed by atoms with Crippen LogP contribution in [0.5, 0.6) is 11.5 Å². The van der Waals surface area contributed by atoms with Crippen molar-refractivity contribution in [2.75, 3.05) is 24.8 Å². The highest BCUT2D eigenvalue weighted by atomic mass is 35.5. The van der Waals surface area contributed by atoms with Crippen LogP contribution in [0.25, 0.3) is 5.69 Å². The van der Waals surface area contributed by atoms with Crippen LogP contribution >= 0.6 is 23.4 Å². The van der Waals surface area contributed by atoms with Crippen LogP contribution in [-0.4, -0.2) is 46.0 Å². The number of amides is 2. The number of methoxy groups -OCH3 is 1. The lowest BCUT2D eigenvalue weighted by molar-refractivity contribution is -0.113. The van der Waals surface area contributed by atoms with E-state index in [1.165, 1.54) is 11.8 Å². The lowest BCUT2D eigenvalue weighted by Crippen LogP contribution is -2.24. The van der Waals surface area contributed by atoms with Crippen molar-refractivity contribution in [3.05, 3.63) is 88.7 Å². The maximum atomic E-state index is 12.7. The summed E-state index contributed by atoms with van der Waals surface area (Å²) >= 11 is 7.64. The fraction of sp³-hybridized carbons (Fsp3) is 0.214. The van der Waals surface area contributed by atoms with Gasteiger partial charge < -0.3 is 20.1 Å². The Labute approximate surface area is 235 Å². The number of carbonyl (C=O) groups excluding carboxylic acids is 2. The molecule has 2 N–H and O–H groups in total. The third-order valence-corrected chi connectivity index (χ3v) is 7.06. The number of hydrogen-bond donors (Lipinski definition) is 2. The van der Waals surface area contributed by atoms with Crippen LogP contribution in [0.15, 0.2) is 71.9 Å². The molecule has 39 heavy (non-hydrogen) atoms. The fourth-order valence-corrected chi connectivity index (χ4v) is 4.65. The number of nitrogens with zero attached hydrogens (tertiary/aromatic N) is 3. The SMILES string of the molecule is CCOc1ccc(NC(=O)CSc2nnc(CNC(=O)c3ccc(OC)cc3)n2-c2cccc(Cl)c2C)cc1. The second-order valence-electron chi connectivity index (χ2n) is 8.32. The Morgan fingerprint density at radius 1 is 1.00 bits per heavy atom. The second kappa shape index (κ2) is 13.2. The molecule has 4 aromatic rings. The molecule has 9 nitrogen and oxygen atoms in total. The number of thioether (sulfide) groups is 1. The summed E-state index contributed by atoms with van der Waals surface area (Å²) in [5.74, 6) is 1.53. The van der Waals surface area contributed by atoms with Crippen LogP contribution in [0.2, 0.25) is 5.02 Å². The molecule has 0 bridgehead atoms. The van der Waals surface area contributed by atoms with Crippen LogP contribution < -0.4 is 20.1 Å². The van der Waals surface area contributed by atoms with Gasteiger partial charge in [-0.15, -0.1) is 10.2 Å². The van der Waals surface area contributed by atoms with Crippen LogP contribution in [0.3, 0.4) is 0 Å². The Hall–Kier alpha value is -4.02. The third kappa shape index (κ3) is 7.10. The smallest absolute Gasteiger partial charge is 0.251 e. The normalized spacial score (nSPS) is 10.7. The van der Waals surface area contributed by atoms with Crippen molar-refractivity contribution >= 4 is 40.9 Å². The van der Waals surface area contributed by atoms with Gasteiger partial charge in [0, 0.05) is 16.3 Å². The number of hydrogen-bond acceptors (Lipinski definition) is 7. The number of benzene rings is 3. The Morgan fingerprint density at radius 3 is 2.41 bits per heavy atom. The van der Waals surface area contributed by atoms with E-state index in [-0.39, 0.29) is 24.1 Å². The molecule has 0 fully saturated rings. The summed E-state index contributed by atoms with van der Waals surface area (Å²) in [5, 5.41) is 15.5. The summed E-state index contributed by atoms with van der Waals surface area (Å²) in [6.45, 7) is 4.49. The van der Waals surface area contributed by atoms with Gasteiger partial charge in [-0.05, 0) is 80.1 Å². The van der Waals surface area contributed by atoms with Crippen molar-refractivity contribution in [2.45, 2.75) is 25.5 Å². The first-order valence-corrected chi connectivity index (χ1v) is 13.5. The van der Waals surface area contributed by atoms with Crippen molar-refractivity contribution in [3.63, 3.8) is 0 Å². The van der Waals surface area contributed by atoms with Gasteiger partial charge in [0.1, 0.15) is 11.5 Å². The molecule has 0 spiro atoms. The zero-order chi connectivity index (χ0) is 27.8. The monoisotopic (exact) mass is 565 g/mol. The largest absolute Gasteiger partial charge is 0.497 e. The summed E-state index contributed by atoms with van der Waals surface area (Å²) in [4.78, 5) is 25.4. The molecule has 0 unspecified atom stereocenters. The minimum atomic E-state index is -0.265. The molecule has 0 radical (unpaired) electrons. The van der Waals surface area contributed by atoms with Crippen molar-refractivity contribution < 1.29 is 19.1 Å². The first-order chi connectivity index (χ1) is 18.9. The van der Waals surface area contributed by atoms with Gasteiger partial charge in [0.05, 0.1) is 31.7 Å². The summed E-state index contributed by atoms with van der Waals surface area (Å²) < 4.78 is 12.4. The highest BCUT2D eigenvalue weighted by Gasteiger charge is 2.19. The molecule has 1 heterocycles. The van der Waals surface area contributed by atoms with E-state index in [2.05, 4.69) is 20.8 Å². The molecule has 1 aromatic heterocycles. The minimum Gasteiger partial charge on any atom is -0.497 e. The van der Waals surface area contributed by atoms with Gasteiger partial charge in [-0.1, -0.05) is 29.4 Å². The Balaban J connectivity index is 1.49. The van der Waals surface area contributed by atoms with E-state index in [0.717, 1.165) is 17.0 Å². The average Bonchev–Trinajstić information content (AvgIpc) is 3.35. The number of halogens is 1. The molecule has 0 aliphatic rings. The number of nitrogens with one attached hydrogen (secondary N) is 2. The van der Waals surface area contributed by atoms with Crippen LogP contribution in [0.4, 0.5) is 5.69 Å². The minimum absolute atomic E-state index is 0.100. The quantitative estimate of drug-likeness (QED) is 0.238. The van der Waals surface area contributed by atoms with Crippen LogP contribution in [0.1, 0.15) is 28.7 Å². The number of aromatic nitrogens is 3. The zero-order valence-electron chi connectivity index (χ0n) is 21.7. The zero-order valence-corrected chi connectivity index (χ0v) is 23.3. The third-order valence-electron chi connectivity index (χ3n) is 5.72. The van der Waals surface area contributed by atoms with E-state index in [4.69, 9.17) is 21.1 Å².